The summed E-state index contributed by atoms with van der Waals surface area (Å²) >= 11 is 1.11. The van der Waals surface area contributed by atoms with E-state index in [1.165, 1.54) is 0 Å². The van der Waals surface area contributed by atoms with Crippen molar-refractivity contribution in [3.63, 3.8) is 0 Å². The molecule has 7 heteroatoms. The molecule has 0 radical (unpaired) electrons. The van der Waals surface area contributed by atoms with Gasteiger partial charge >= 0.3 is 0 Å². The first-order valence-electron chi connectivity index (χ1n) is 7.42. The molecular formula is C16H22N4O2S. The van der Waals surface area contributed by atoms with Crippen LogP contribution < -0.4 is 10.6 Å². The second kappa shape index (κ2) is 7.52. The Morgan fingerprint density at radius 3 is 2.48 bits per heavy atom. The number of carbonyl (C=O) groups is 2. The predicted molar refractivity (Wildman–Crippen MR) is 88.6 cm³/mol. The number of amides is 2. The number of thioether (sulfide) groups is 1. The largest absolute Gasteiger partial charge is 0.353 e. The lowest BCUT2D eigenvalue weighted by Crippen LogP contribution is -2.45. The van der Waals surface area contributed by atoms with Crippen molar-refractivity contribution in [1.29, 1.82) is 10.5 Å². The molecule has 0 spiro atoms. The second-order valence-corrected chi connectivity index (χ2v) is 7.46. The molecule has 2 atom stereocenters. The van der Waals surface area contributed by atoms with Gasteiger partial charge in [0.05, 0.1) is 28.5 Å². The van der Waals surface area contributed by atoms with Gasteiger partial charge in [-0.15, -0.1) is 0 Å². The van der Waals surface area contributed by atoms with Gasteiger partial charge in [0.1, 0.15) is 5.92 Å². The Kier molecular flexibility index (Phi) is 6.23. The summed E-state index contributed by atoms with van der Waals surface area (Å²) in [6, 6.07) is 4.07. The fourth-order valence-electron chi connectivity index (χ4n) is 2.13. The van der Waals surface area contributed by atoms with E-state index < -0.39 is 17.2 Å². The highest BCUT2D eigenvalue weighted by Crippen LogP contribution is 2.41. The standard InChI is InChI=1S/C16H22N4O2S/c1-9(2)10(3)19-13(21)8-23-15-12(7-18)16(4,5)11(6-17)14(22)20-15/h9-11H,8H2,1-5H3,(H,19,21)(H,20,22)/t10-,11-/m0/s1. The van der Waals surface area contributed by atoms with Gasteiger partial charge in [0.15, 0.2) is 0 Å². The van der Waals surface area contributed by atoms with Crippen molar-refractivity contribution in [3.8, 4) is 12.1 Å². The quantitative estimate of drug-likeness (QED) is 0.799. The zero-order chi connectivity index (χ0) is 17.8. The van der Waals surface area contributed by atoms with E-state index in [4.69, 9.17) is 5.26 Å². The fourth-order valence-corrected chi connectivity index (χ4v) is 3.12. The summed E-state index contributed by atoms with van der Waals surface area (Å²) in [4.78, 5) is 24.0. The first kappa shape index (κ1) is 19.1. The zero-order valence-corrected chi connectivity index (χ0v) is 14.9. The summed E-state index contributed by atoms with van der Waals surface area (Å²) in [7, 11) is 0. The number of hydrogen-bond acceptors (Lipinski definition) is 5. The number of nitriles is 2. The minimum absolute atomic E-state index is 0.0490. The van der Waals surface area contributed by atoms with Gasteiger partial charge in [-0.05, 0) is 12.8 Å². The molecule has 0 fully saturated rings. The minimum atomic E-state index is -0.920. The van der Waals surface area contributed by atoms with Gasteiger partial charge in [-0.2, -0.15) is 10.5 Å². The highest BCUT2D eigenvalue weighted by molar-refractivity contribution is 8.03. The highest BCUT2D eigenvalue weighted by Gasteiger charge is 2.44. The Morgan fingerprint density at radius 2 is 2.00 bits per heavy atom. The Bertz CT molecular complexity index is 611. The van der Waals surface area contributed by atoms with Crippen LogP contribution in [0.2, 0.25) is 0 Å². The maximum Gasteiger partial charge on any atom is 0.243 e. The third kappa shape index (κ3) is 4.27. The Balaban J connectivity index is 2.89. The smallest absolute Gasteiger partial charge is 0.243 e. The van der Waals surface area contributed by atoms with E-state index in [-0.39, 0.29) is 17.7 Å². The molecule has 0 saturated heterocycles. The summed E-state index contributed by atoms with van der Waals surface area (Å²) in [5.41, 5.74) is -0.547. The SMILES string of the molecule is CC(C)[C@H](C)NC(=O)CSC1=C(C#N)C(C)(C)[C@@H](C#N)C(=O)N1. The van der Waals surface area contributed by atoms with E-state index in [2.05, 4.69) is 16.7 Å². The van der Waals surface area contributed by atoms with Crippen LogP contribution in [0, 0.1) is 39.9 Å². The molecule has 0 aliphatic carbocycles. The molecule has 2 amide bonds. The van der Waals surface area contributed by atoms with Gasteiger partial charge in [-0.1, -0.05) is 39.5 Å². The van der Waals surface area contributed by atoms with E-state index in [1.807, 2.05) is 26.8 Å². The van der Waals surface area contributed by atoms with Crippen molar-refractivity contribution in [2.24, 2.45) is 17.3 Å². The average Bonchev–Trinajstić information content (AvgIpc) is 2.44. The Hall–Kier alpha value is -1.99. The molecule has 1 heterocycles. The molecule has 23 heavy (non-hydrogen) atoms. The fraction of sp³-hybridized carbons (Fsp3) is 0.625. The maximum atomic E-state index is 12.0. The molecule has 2 N–H and O–H groups in total. The third-order valence-electron chi connectivity index (χ3n) is 4.07. The van der Waals surface area contributed by atoms with E-state index >= 15 is 0 Å². The normalized spacial score (nSPS) is 21.2. The van der Waals surface area contributed by atoms with E-state index in [0.717, 1.165) is 11.8 Å². The van der Waals surface area contributed by atoms with Crippen LogP contribution >= 0.6 is 11.8 Å². The van der Waals surface area contributed by atoms with E-state index in [0.29, 0.717) is 16.5 Å². The lowest BCUT2D eigenvalue weighted by Gasteiger charge is -2.34. The van der Waals surface area contributed by atoms with Crippen molar-refractivity contribution in [1.82, 2.24) is 10.6 Å². The first-order chi connectivity index (χ1) is 10.6. The maximum absolute atomic E-state index is 12.0. The minimum Gasteiger partial charge on any atom is -0.353 e. The van der Waals surface area contributed by atoms with Crippen LogP contribution in [0.15, 0.2) is 10.6 Å². The third-order valence-corrected chi connectivity index (χ3v) is 5.07. The molecule has 0 saturated carbocycles. The van der Waals surface area contributed by atoms with Gasteiger partial charge < -0.3 is 10.6 Å². The summed E-state index contributed by atoms with van der Waals surface area (Å²) in [6.45, 7) is 9.34. The lowest BCUT2D eigenvalue weighted by atomic mass is 9.72. The number of carbonyl (C=O) groups excluding carboxylic acids is 2. The monoisotopic (exact) mass is 334 g/mol. The van der Waals surface area contributed by atoms with Crippen molar-refractivity contribution in [3.05, 3.63) is 10.6 Å². The second-order valence-electron chi connectivity index (χ2n) is 6.48. The van der Waals surface area contributed by atoms with Crippen LogP contribution in [0.25, 0.3) is 0 Å². The summed E-state index contributed by atoms with van der Waals surface area (Å²) < 4.78 is 0. The summed E-state index contributed by atoms with van der Waals surface area (Å²) in [6.07, 6.45) is 0. The van der Waals surface area contributed by atoms with E-state index in [1.54, 1.807) is 13.8 Å². The van der Waals surface area contributed by atoms with Crippen LogP contribution in [0.5, 0.6) is 0 Å². The van der Waals surface area contributed by atoms with Crippen molar-refractivity contribution in [2.75, 3.05) is 5.75 Å². The molecule has 1 aliphatic rings. The van der Waals surface area contributed by atoms with Crippen LogP contribution in [0.1, 0.15) is 34.6 Å². The zero-order valence-electron chi connectivity index (χ0n) is 14.1. The molecule has 124 valence electrons. The number of hydrogen-bond donors (Lipinski definition) is 2. The number of nitrogens with one attached hydrogen (secondary N) is 2. The molecule has 6 nitrogen and oxygen atoms in total. The van der Waals surface area contributed by atoms with Gasteiger partial charge in [-0.3, -0.25) is 9.59 Å². The molecular weight excluding hydrogens is 312 g/mol. The Labute approximate surface area is 141 Å². The van der Waals surface area contributed by atoms with Crippen molar-refractivity contribution in [2.45, 2.75) is 40.7 Å². The molecule has 1 rings (SSSR count). The van der Waals surface area contributed by atoms with Gasteiger partial charge in [-0.25, -0.2) is 0 Å². The number of rotatable bonds is 5. The van der Waals surface area contributed by atoms with Crippen molar-refractivity contribution < 1.29 is 9.59 Å². The lowest BCUT2D eigenvalue weighted by molar-refractivity contribution is -0.125. The van der Waals surface area contributed by atoms with Gasteiger partial charge in [0, 0.05) is 11.5 Å². The summed E-state index contributed by atoms with van der Waals surface area (Å²) in [5, 5.41) is 24.4. The topological polar surface area (TPSA) is 106 Å². The molecule has 0 unspecified atom stereocenters. The van der Waals surface area contributed by atoms with Crippen LogP contribution in [0.4, 0.5) is 0 Å². The number of nitrogens with zero attached hydrogens (tertiary/aromatic N) is 2. The first-order valence-corrected chi connectivity index (χ1v) is 8.41. The van der Waals surface area contributed by atoms with Gasteiger partial charge in [0.2, 0.25) is 11.8 Å². The molecule has 0 aromatic rings. The highest BCUT2D eigenvalue weighted by atomic mass is 32.2. The molecule has 0 aromatic heterocycles. The van der Waals surface area contributed by atoms with Gasteiger partial charge in [0.25, 0.3) is 0 Å². The summed E-state index contributed by atoms with van der Waals surface area (Å²) in [5.74, 6) is -1.09. The average molecular weight is 334 g/mol. The van der Waals surface area contributed by atoms with Crippen LogP contribution in [0.3, 0.4) is 0 Å². The number of allylic oxidation sites excluding steroid dienone is 1. The van der Waals surface area contributed by atoms with Crippen LogP contribution in [-0.4, -0.2) is 23.6 Å². The molecule has 0 aromatic carbocycles. The molecule has 1 aliphatic heterocycles. The predicted octanol–water partition coefficient (Wildman–Crippen LogP) is 1.91. The molecule has 0 bridgehead atoms. The van der Waals surface area contributed by atoms with Crippen LogP contribution in [-0.2, 0) is 9.59 Å². The Morgan fingerprint density at radius 1 is 1.39 bits per heavy atom. The van der Waals surface area contributed by atoms with Crippen molar-refractivity contribution >= 4 is 23.6 Å². The van der Waals surface area contributed by atoms with E-state index in [9.17, 15) is 14.9 Å².